The highest BCUT2D eigenvalue weighted by atomic mass is 16.3. The zero-order chi connectivity index (χ0) is 14.1. The fourth-order valence-corrected chi connectivity index (χ4v) is 2.81. The maximum Gasteiger partial charge on any atom is 0.257 e. The first-order valence-corrected chi connectivity index (χ1v) is 6.84. The lowest BCUT2D eigenvalue weighted by Gasteiger charge is -2.32. The van der Waals surface area contributed by atoms with E-state index in [0.717, 1.165) is 25.2 Å². The van der Waals surface area contributed by atoms with Crippen molar-refractivity contribution in [3.8, 4) is 0 Å². The molecular weight excluding hydrogens is 256 g/mol. The molecule has 0 spiro atoms. The second-order valence-corrected chi connectivity index (χ2v) is 5.28. The van der Waals surface area contributed by atoms with Gasteiger partial charge in [-0.05, 0) is 25.8 Å². The third-order valence-electron chi connectivity index (χ3n) is 3.91. The van der Waals surface area contributed by atoms with Crippen LogP contribution in [0.4, 0.5) is 0 Å². The van der Waals surface area contributed by atoms with Crippen LogP contribution in [-0.2, 0) is 7.05 Å². The third kappa shape index (κ3) is 2.21. The molecule has 1 saturated heterocycles. The molecule has 2 aromatic rings. The quantitative estimate of drug-likeness (QED) is 0.836. The predicted molar refractivity (Wildman–Crippen MR) is 72.3 cm³/mol. The first kappa shape index (κ1) is 12.9. The molecule has 0 bridgehead atoms. The van der Waals surface area contributed by atoms with E-state index in [9.17, 15) is 4.79 Å². The lowest BCUT2D eigenvalue weighted by atomic mass is 9.96. The summed E-state index contributed by atoms with van der Waals surface area (Å²) in [6, 6.07) is 1.74. The number of aryl methyl sites for hydroxylation is 2. The van der Waals surface area contributed by atoms with Crippen LogP contribution in [-0.4, -0.2) is 38.7 Å². The van der Waals surface area contributed by atoms with Gasteiger partial charge in [0.1, 0.15) is 17.9 Å². The van der Waals surface area contributed by atoms with Gasteiger partial charge in [0.25, 0.3) is 5.91 Å². The van der Waals surface area contributed by atoms with Gasteiger partial charge in [0.05, 0.1) is 11.8 Å². The molecule has 0 unspecified atom stereocenters. The molecule has 1 aliphatic heterocycles. The number of amides is 1. The minimum Gasteiger partial charge on any atom is -0.469 e. The van der Waals surface area contributed by atoms with E-state index in [-0.39, 0.29) is 11.8 Å². The molecule has 1 fully saturated rings. The van der Waals surface area contributed by atoms with Crippen molar-refractivity contribution < 1.29 is 9.21 Å². The Hall–Kier alpha value is -2.11. The highest BCUT2D eigenvalue weighted by Gasteiger charge is 2.29. The summed E-state index contributed by atoms with van der Waals surface area (Å²) in [5.41, 5.74) is 0.656. The largest absolute Gasteiger partial charge is 0.469 e. The molecule has 0 N–H and O–H groups in total. The Morgan fingerprint density at radius 2 is 2.35 bits per heavy atom. The number of furan rings is 1. The van der Waals surface area contributed by atoms with E-state index in [1.807, 2.05) is 23.4 Å². The highest BCUT2D eigenvalue weighted by Crippen LogP contribution is 2.26. The van der Waals surface area contributed by atoms with Crippen molar-refractivity contribution in [1.29, 1.82) is 0 Å². The van der Waals surface area contributed by atoms with Crippen molar-refractivity contribution in [2.75, 3.05) is 13.1 Å². The van der Waals surface area contributed by atoms with E-state index in [4.69, 9.17) is 4.42 Å². The van der Waals surface area contributed by atoms with Gasteiger partial charge in [-0.2, -0.15) is 0 Å². The third-order valence-corrected chi connectivity index (χ3v) is 3.91. The van der Waals surface area contributed by atoms with Crippen LogP contribution in [0.2, 0.25) is 0 Å². The Kier molecular flexibility index (Phi) is 3.30. The molecule has 106 valence electrons. The molecular formula is C14H18N4O2. The highest BCUT2D eigenvalue weighted by molar-refractivity contribution is 5.95. The molecule has 20 heavy (non-hydrogen) atoms. The van der Waals surface area contributed by atoms with Crippen LogP contribution in [0.1, 0.15) is 40.7 Å². The standard InChI is InChI=1S/C14H18N4O2/c1-10-12(5-7-20-10)14(19)18-6-3-4-11(8-18)13-16-15-9-17(13)2/h5,7,9,11H,3-4,6,8H2,1-2H3/t11-/m0/s1. The molecule has 1 amide bonds. The van der Waals surface area contributed by atoms with Gasteiger partial charge in [-0.15, -0.1) is 10.2 Å². The summed E-state index contributed by atoms with van der Waals surface area (Å²) in [7, 11) is 1.94. The number of carbonyl (C=O) groups is 1. The Balaban J connectivity index is 1.77. The molecule has 0 aliphatic carbocycles. The minimum atomic E-state index is 0.0446. The van der Waals surface area contributed by atoms with Gasteiger partial charge in [0, 0.05) is 26.1 Å². The number of nitrogens with zero attached hydrogens (tertiary/aromatic N) is 4. The normalized spacial score (nSPS) is 19.3. The van der Waals surface area contributed by atoms with E-state index in [0.29, 0.717) is 17.9 Å². The van der Waals surface area contributed by atoms with Gasteiger partial charge in [0.2, 0.25) is 0 Å². The average Bonchev–Trinajstić information content (AvgIpc) is 3.07. The van der Waals surface area contributed by atoms with Gasteiger partial charge in [-0.25, -0.2) is 0 Å². The predicted octanol–water partition coefficient (Wildman–Crippen LogP) is 1.74. The summed E-state index contributed by atoms with van der Waals surface area (Å²) in [6.45, 7) is 3.30. The molecule has 0 aromatic carbocycles. The summed E-state index contributed by atoms with van der Waals surface area (Å²) in [5.74, 6) is 1.93. The van der Waals surface area contributed by atoms with E-state index in [1.165, 1.54) is 0 Å². The van der Waals surface area contributed by atoms with Crippen LogP contribution in [0.3, 0.4) is 0 Å². The number of hydrogen-bond acceptors (Lipinski definition) is 4. The number of hydrogen-bond donors (Lipinski definition) is 0. The Morgan fingerprint density at radius 3 is 3.00 bits per heavy atom. The first-order chi connectivity index (χ1) is 9.66. The Labute approximate surface area is 117 Å². The smallest absolute Gasteiger partial charge is 0.257 e. The number of carbonyl (C=O) groups excluding carboxylic acids is 1. The lowest BCUT2D eigenvalue weighted by molar-refractivity contribution is 0.0701. The summed E-state index contributed by atoms with van der Waals surface area (Å²) in [6.07, 6.45) is 5.30. The molecule has 2 aromatic heterocycles. The van der Waals surface area contributed by atoms with E-state index >= 15 is 0 Å². The van der Waals surface area contributed by atoms with Crippen LogP contribution in [0.25, 0.3) is 0 Å². The Bertz CT molecular complexity index is 616. The maximum absolute atomic E-state index is 12.5. The van der Waals surface area contributed by atoms with E-state index in [2.05, 4.69) is 10.2 Å². The number of piperidine rings is 1. The second-order valence-electron chi connectivity index (χ2n) is 5.28. The Morgan fingerprint density at radius 1 is 1.50 bits per heavy atom. The van der Waals surface area contributed by atoms with Gasteiger partial charge in [0.15, 0.2) is 0 Å². The molecule has 0 radical (unpaired) electrons. The van der Waals surface area contributed by atoms with Crippen molar-refractivity contribution in [3.63, 3.8) is 0 Å². The molecule has 1 aliphatic rings. The fraction of sp³-hybridized carbons (Fsp3) is 0.500. The lowest BCUT2D eigenvalue weighted by Crippen LogP contribution is -2.39. The first-order valence-electron chi connectivity index (χ1n) is 6.84. The van der Waals surface area contributed by atoms with Crippen LogP contribution in [0, 0.1) is 6.92 Å². The van der Waals surface area contributed by atoms with Crippen LogP contribution in [0.5, 0.6) is 0 Å². The average molecular weight is 274 g/mol. The molecule has 0 saturated carbocycles. The summed E-state index contributed by atoms with van der Waals surface area (Å²) >= 11 is 0. The van der Waals surface area contributed by atoms with Crippen molar-refractivity contribution in [3.05, 3.63) is 35.8 Å². The maximum atomic E-state index is 12.5. The van der Waals surface area contributed by atoms with Crippen LogP contribution < -0.4 is 0 Å². The minimum absolute atomic E-state index is 0.0446. The molecule has 6 nitrogen and oxygen atoms in total. The molecule has 3 heterocycles. The van der Waals surface area contributed by atoms with E-state index in [1.54, 1.807) is 18.7 Å². The van der Waals surface area contributed by atoms with Crippen molar-refractivity contribution >= 4 is 5.91 Å². The zero-order valence-corrected chi connectivity index (χ0v) is 11.7. The summed E-state index contributed by atoms with van der Waals surface area (Å²) in [5, 5.41) is 8.10. The van der Waals surface area contributed by atoms with Crippen LogP contribution in [0.15, 0.2) is 23.1 Å². The van der Waals surface area contributed by atoms with Crippen molar-refractivity contribution in [2.45, 2.75) is 25.7 Å². The van der Waals surface area contributed by atoms with Gasteiger partial charge in [-0.3, -0.25) is 4.79 Å². The number of aromatic nitrogens is 3. The monoisotopic (exact) mass is 274 g/mol. The van der Waals surface area contributed by atoms with Crippen LogP contribution >= 0.6 is 0 Å². The fourth-order valence-electron chi connectivity index (χ4n) is 2.81. The van der Waals surface area contributed by atoms with Gasteiger partial charge >= 0.3 is 0 Å². The molecule has 3 rings (SSSR count). The van der Waals surface area contributed by atoms with E-state index < -0.39 is 0 Å². The number of likely N-dealkylation sites (tertiary alicyclic amines) is 1. The molecule has 1 atom stereocenters. The molecule has 6 heteroatoms. The van der Waals surface area contributed by atoms with Gasteiger partial charge in [-0.1, -0.05) is 0 Å². The zero-order valence-electron chi connectivity index (χ0n) is 11.7. The SMILES string of the molecule is Cc1occc1C(=O)N1CCC[C@H](c2nncn2C)C1. The number of rotatable bonds is 2. The van der Waals surface area contributed by atoms with Crippen molar-refractivity contribution in [2.24, 2.45) is 7.05 Å². The summed E-state index contributed by atoms with van der Waals surface area (Å²) < 4.78 is 7.15. The summed E-state index contributed by atoms with van der Waals surface area (Å²) in [4.78, 5) is 14.4. The topological polar surface area (TPSA) is 64.2 Å². The van der Waals surface area contributed by atoms with Crippen molar-refractivity contribution in [1.82, 2.24) is 19.7 Å². The van der Waals surface area contributed by atoms with Gasteiger partial charge < -0.3 is 13.9 Å². The second kappa shape index (κ2) is 5.11.